The molecule has 35 heavy (non-hydrogen) atoms. The molecule has 0 radical (unpaired) electrons. The van der Waals surface area contributed by atoms with Crippen LogP contribution in [0.5, 0.6) is 0 Å². The normalized spacial score (nSPS) is 23.7. The van der Waals surface area contributed by atoms with Gasteiger partial charge in [0.2, 0.25) is 11.8 Å². The molecular weight excluding hydrogens is 438 g/mol. The molecule has 7 heteroatoms. The number of anilines is 2. The van der Waals surface area contributed by atoms with Gasteiger partial charge in [-0.25, -0.2) is 4.98 Å². The van der Waals surface area contributed by atoms with Crippen LogP contribution in [0.15, 0.2) is 48.7 Å². The molecule has 2 atom stereocenters. The van der Waals surface area contributed by atoms with Crippen LogP contribution < -0.4 is 9.80 Å². The second-order valence-corrected chi connectivity index (χ2v) is 10.2. The van der Waals surface area contributed by atoms with Gasteiger partial charge >= 0.3 is 0 Å². The lowest BCUT2D eigenvalue weighted by Gasteiger charge is -2.40. The van der Waals surface area contributed by atoms with E-state index in [0.717, 1.165) is 75.7 Å². The zero-order valence-corrected chi connectivity index (χ0v) is 20.8. The highest BCUT2D eigenvalue weighted by Gasteiger charge is 2.39. The molecule has 3 fully saturated rings. The van der Waals surface area contributed by atoms with Crippen molar-refractivity contribution in [2.75, 3.05) is 62.2 Å². The van der Waals surface area contributed by atoms with E-state index in [-0.39, 0.29) is 17.7 Å². The van der Waals surface area contributed by atoms with E-state index >= 15 is 0 Å². The summed E-state index contributed by atoms with van der Waals surface area (Å²) in [5.74, 6) is 1.57. The van der Waals surface area contributed by atoms with Gasteiger partial charge in [-0.1, -0.05) is 31.2 Å². The van der Waals surface area contributed by atoms with Gasteiger partial charge < -0.3 is 14.7 Å². The molecular formula is C28H37N5O2. The van der Waals surface area contributed by atoms with Crippen molar-refractivity contribution >= 4 is 23.3 Å². The first-order chi connectivity index (χ1) is 17.1. The van der Waals surface area contributed by atoms with E-state index in [4.69, 9.17) is 0 Å². The first kappa shape index (κ1) is 23.8. The van der Waals surface area contributed by atoms with Crippen molar-refractivity contribution in [1.29, 1.82) is 0 Å². The third-order valence-corrected chi connectivity index (χ3v) is 7.83. The number of hydrogen-bond donors (Lipinski definition) is 0. The summed E-state index contributed by atoms with van der Waals surface area (Å²) in [5, 5.41) is 0. The Labute approximate surface area is 208 Å². The monoisotopic (exact) mass is 475 g/mol. The average molecular weight is 476 g/mol. The predicted molar refractivity (Wildman–Crippen MR) is 138 cm³/mol. The van der Waals surface area contributed by atoms with Crippen molar-refractivity contribution in [2.45, 2.75) is 32.6 Å². The molecule has 2 amide bonds. The molecule has 5 rings (SSSR count). The van der Waals surface area contributed by atoms with Gasteiger partial charge in [-0.15, -0.1) is 0 Å². The van der Waals surface area contributed by atoms with Crippen LogP contribution in [0.3, 0.4) is 0 Å². The summed E-state index contributed by atoms with van der Waals surface area (Å²) in [5.41, 5.74) is 2.13. The minimum atomic E-state index is -0.229. The van der Waals surface area contributed by atoms with Gasteiger partial charge in [-0.3, -0.25) is 14.5 Å². The highest BCUT2D eigenvalue weighted by molar-refractivity contribution is 6.00. The minimum absolute atomic E-state index is 0.0728. The lowest BCUT2D eigenvalue weighted by Crippen LogP contribution is -2.51. The van der Waals surface area contributed by atoms with Gasteiger partial charge in [0.1, 0.15) is 5.82 Å². The van der Waals surface area contributed by atoms with E-state index < -0.39 is 0 Å². The summed E-state index contributed by atoms with van der Waals surface area (Å²) in [4.78, 5) is 39.5. The van der Waals surface area contributed by atoms with E-state index in [1.54, 1.807) is 0 Å². The van der Waals surface area contributed by atoms with Crippen LogP contribution in [0.2, 0.25) is 0 Å². The van der Waals surface area contributed by atoms with Crippen LogP contribution >= 0.6 is 0 Å². The number of hydrogen-bond acceptors (Lipinski definition) is 5. The van der Waals surface area contributed by atoms with Crippen molar-refractivity contribution in [1.82, 2.24) is 14.8 Å². The largest absolute Gasteiger partial charge is 0.354 e. The molecule has 0 bridgehead atoms. The fraction of sp³-hybridized carbons (Fsp3) is 0.536. The Bertz CT molecular complexity index is 1020. The van der Waals surface area contributed by atoms with E-state index in [1.807, 2.05) is 46.3 Å². The second kappa shape index (κ2) is 10.8. The molecule has 0 saturated carbocycles. The zero-order valence-electron chi connectivity index (χ0n) is 20.8. The number of amides is 2. The summed E-state index contributed by atoms with van der Waals surface area (Å²) < 4.78 is 0. The van der Waals surface area contributed by atoms with Crippen molar-refractivity contribution in [3.8, 4) is 0 Å². The summed E-state index contributed by atoms with van der Waals surface area (Å²) in [6.45, 7) is 9.33. The minimum Gasteiger partial charge on any atom is -0.354 e. The maximum Gasteiger partial charge on any atom is 0.228 e. The lowest BCUT2D eigenvalue weighted by atomic mass is 9.95. The summed E-state index contributed by atoms with van der Waals surface area (Å²) in [6.07, 6.45) is 5.28. The Kier molecular flexibility index (Phi) is 7.32. The summed E-state index contributed by atoms with van der Waals surface area (Å²) >= 11 is 0. The van der Waals surface area contributed by atoms with E-state index in [2.05, 4.69) is 33.8 Å². The number of likely N-dealkylation sites (tertiary alicyclic amines) is 1. The maximum atomic E-state index is 13.4. The average Bonchev–Trinajstić information content (AvgIpc) is 3.30. The molecule has 0 N–H and O–H groups in total. The highest BCUT2D eigenvalue weighted by Crippen LogP contribution is 2.30. The Morgan fingerprint density at radius 1 is 1.00 bits per heavy atom. The molecule has 4 heterocycles. The molecule has 186 valence electrons. The Morgan fingerprint density at radius 2 is 1.80 bits per heavy atom. The number of pyridine rings is 1. The quantitative estimate of drug-likeness (QED) is 0.643. The smallest absolute Gasteiger partial charge is 0.228 e. The van der Waals surface area contributed by atoms with Gasteiger partial charge in [-0.2, -0.15) is 0 Å². The molecule has 3 saturated heterocycles. The SMILES string of the molecule is CCc1ccccc1N1C[C@H](C(=O)N2CCC[C@@H](CN3CCN(c4ccccn4)CC3)C2)CC1=O. The van der Waals surface area contributed by atoms with Crippen LogP contribution in [-0.4, -0.2) is 79.0 Å². The lowest BCUT2D eigenvalue weighted by molar-refractivity contribution is -0.137. The highest BCUT2D eigenvalue weighted by atomic mass is 16.2. The summed E-state index contributed by atoms with van der Waals surface area (Å²) in [7, 11) is 0. The number of aromatic nitrogens is 1. The zero-order chi connectivity index (χ0) is 24.2. The Balaban J connectivity index is 1.14. The van der Waals surface area contributed by atoms with Crippen molar-refractivity contribution in [3.63, 3.8) is 0 Å². The molecule has 3 aliphatic rings. The predicted octanol–water partition coefficient (Wildman–Crippen LogP) is 3.06. The van der Waals surface area contributed by atoms with Crippen LogP contribution in [0, 0.1) is 11.8 Å². The fourth-order valence-corrected chi connectivity index (χ4v) is 5.92. The van der Waals surface area contributed by atoms with Crippen LogP contribution in [-0.2, 0) is 16.0 Å². The number of carbonyl (C=O) groups is 2. The van der Waals surface area contributed by atoms with Crippen molar-refractivity contribution in [3.05, 3.63) is 54.2 Å². The standard InChI is InChI=1S/C28H37N5O2/c1-2-23-9-3-4-10-25(23)33-21-24(18-27(33)34)28(35)32-13-7-8-22(20-32)19-30-14-16-31(17-15-30)26-11-5-6-12-29-26/h3-6,9-12,22,24H,2,7-8,13-21H2,1H3/t22-,24+/m0/s1. The summed E-state index contributed by atoms with van der Waals surface area (Å²) in [6, 6.07) is 14.1. The number of nitrogens with zero attached hydrogens (tertiary/aromatic N) is 5. The van der Waals surface area contributed by atoms with Crippen LogP contribution in [0.25, 0.3) is 0 Å². The molecule has 1 aromatic heterocycles. The first-order valence-corrected chi connectivity index (χ1v) is 13.2. The number of para-hydroxylation sites is 1. The molecule has 2 aromatic rings. The van der Waals surface area contributed by atoms with Gasteiger partial charge in [-0.05, 0) is 48.9 Å². The molecule has 0 unspecified atom stereocenters. The molecule has 1 aromatic carbocycles. The van der Waals surface area contributed by atoms with Gasteiger partial charge in [0.25, 0.3) is 0 Å². The molecule has 0 spiro atoms. The number of piperazine rings is 1. The Hall–Kier alpha value is -2.93. The van der Waals surface area contributed by atoms with Crippen molar-refractivity contribution < 1.29 is 9.59 Å². The number of piperidine rings is 1. The number of benzene rings is 1. The molecule has 3 aliphatic heterocycles. The Morgan fingerprint density at radius 3 is 2.57 bits per heavy atom. The number of aryl methyl sites for hydroxylation is 1. The van der Waals surface area contributed by atoms with Crippen LogP contribution in [0.4, 0.5) is 11.5 Å². The van der Waals surface area contributed by atoms with E-state index in [9.17, 15) is 9.59 Å². The number of rotatable bonds is 6. The second-order valence-electron chi connectivity index (χ2n) is 10.2. The van der Waals surface area contributed by atoms with Gasteiger partial charge in [0, 0.05) is 70.7 Å². The third-order valence-electron chi connectivity index (χ3n) is 7.83. The molecule has 0 aliphatic carbocycles. The topological polar surface area (TPSA) is 60.0 Å². The van der Waals surface area contributed by atoms with Gasteiger partial charge in [0.05, 0.1) is 5.92 Å². The van der Waals surface area contributed by atoms with Crippen molar-refractivity contribution in [2.24, 2.45) is 11.8 Å². The first-order valence-electron chi connectivity index (χ1n) is 13.2. The van der Waals surface area contributed by atoms with E-state index in [0.29, 0.717) is 18.9 Å². The van der Waals surface area contributed by atoms with Crippen LogP contribution in [0.1, 0.15) is 31.7 Å². The fourth-order valence-electron chi connectivity index (χ4n) is 5.92. The number of carbonyl (C=O) groups excluding carboxylic acids is 2. The third kappa shape index (κ3) is 5.35. The molecule has 7 nitrogen and oxygen atoms in total. The van der Waals surface area contributed by atoms with Gasteiger partial charge in [0.15, 0.2) is 0 Å². The maximum absolute atomic E-state index is 13.4. The van der Waals surface area contributed by atoms with E-state index in [1.165, 1.54) is 6.42 Å².